The van der Waals surface area contributed by atoms with Gasteiger partial charge in [0.05, 0.1) is 18.4 Å². The lowest BCUT2D eigenvalue weighted by molar-refractivity contribution is -0.111. The molecule has 2 N–H and O–H groups in total. The number of carbonyl (C=O) groups excluding carboxylic acids is 2. The number of ether oxygens (including phenoxy) is 1. The highest BCUT2D eigenvalue weighted by Gasteiger charge is 2.27. The molecule has 2 aromatic heterocycles. The van der Waals surface area contributed by atoms with Crippen LogP contribution < -0.4 is 10.6 Å². The Hall–Kier alpha value is -3.05. The van der Waals surface area contributed by atoms with Crippen molar-refractivity contribution in [2.75, 3.05) is 18.5 Å². The molecule has 2 heterocycles. The van der Waals surface area contributed by atoms with Crippen LogP contribution in [0.1, 0.15) is 41.5 Å². The summed E-state index contributed by atoms with van der Waals surface area (Å²) >= 11 is 1.42. The van der Waals surface area contributed by atoms with Crippen molar-refractivity contribution >= 4 is 34.4 Å². The van der Waals surface area contributed by atoms with Gasteiger partial charge in [-0.3, -0.25) is 4.79 Å². The highest BCUT2D eigenvalue weighted by molar-refractivity contribution is 7.16. The standard InChI is InChI=1S/C21H23N3O4S/c1-2-9-23-21(26)28-13-14-5-7-16-17(12-22)20(29-18(16)11-14)24-19(25)8-6-15-4-3-10-27-15/h3-4,6,8,10,14H,2,5,7,9,11,13H2,1H3,(H,23,26)(H,24,25)/b8-6+. The monoisotopic (exact) mass is 413 g/mol. The van der Waals surface area contributed by atoms with Crippen LogP contribution in [0, 0.1) is 17.2 Å². The number of amides is 2. The Morgan fingerprint density at radius 1 is 1.48 bits per heavy atom. The third kappa shape index (κ3) is 5.48. The number of anilines is 1. The Balaban J connectivity index is 1.61. The Kier molecular flexibility index (Phi) is 7.09. The Labute approximate surface area is 173 Å². The van der Waals surface area contributed by atoms with E-state index < -0.39 is 6.09 Å². The molecule has 0 saturated carbocycles. The smallest absolute Gasteiger partial charge is 0.407 e. The van der Waals surface area contributed by atoms with Gasteiger partial charge in [-0.15, -0.1) is 11.3 Å². The van der Waals surface area contributed by atoms with Gasteiger partial charge in [-0.05, 0) is 55.4 Å². The SMILES string of the molecule is CCCNC(=O)OCC1CCc2c(sc(NC(=O)/C=C/c3ccco3)c2C#N)C1. The fourth-order valence-corrected chi connectivity index (χ4v) is 4.49. The van der Waals surface area contributed by atoms with Crippen molar-refractivity contribution in [1.29, 1.82) is 5.26 Å². The second-order valence-corrected chi connectivity index (χ2v) is 7.90. The van der Waals surface area contributed by atoms with E-state index in [1.165, 1.54) is 23.7 Å². The van der Waals surface area contributed by atoms with Crippen LogP contribution in [0.25, 0.3) is 6.08 Å². The Bertz CT molecular complexity index is 925. The summed E-state index contributed by atoms with van der Waals surface area (Å²) in [6, 6.07) is 5.72. The molecule has 1 aliphatic carbocycles. The first kappa shape index (κ1) is 20.7. The van der Waals surface area contributed by atoms with Gasteiger partial charge in [0.15, 0.2) is 0 Å². The second kappa shape index (κ2) is 9.94. The largest absolute Gasteiger partial charge is 0.465 e. The molecule has 29 heavy (non-hydrogen) atoms. The molecule has 1 atom stereocenters. The zero-order chi connectivity index (χ0) is 20.6. The number of hydrogen-bond donors (Lipinski definition) is 2. The van der Waals surface area contributed by atoms with Gasteiger partial charge in [0.2, 0.25) is 5.91 Å². The normalized spacial score (nSPS) is 15.5. The highest BCUT2D eigenvalue weighted by Crippen LogP contribution is 2.39. The molecule has 0 saturated heterocycles. The summed E-state index contributed by atoms with van der Waals surface area (Å²) in [5.74, 6) is 0.475. The third-order valence-electron chi connectivity index (χ3n) is 4.63. The number of hydrogen-bond acceptors (Lipinski definition) is 6. The summed E-state index contributed by atoms with van der Waals surface area (Å²) in [5.41, 5.74) is 1.53. The molecule has 0 radical (unpaired) electrons. The maximum atomic E-state index is 12.2. The number of furan rings is 1. The van der Waals surface area contributed by atoms with Crippen molar-refractivity contribution in [1.82, 2.24) is 5.32 Å². The molecular weight excluding hydrogens is 390 g/mol. The molecule has 3 rings (SSSR count). The molecule has 1 aliphatic rings. The van der Waals surface area contributed by atoms with E-state index in [4.69, 9.17) is 9.15 Å². The van der Waals surface area contributed by atoms with Crippen LogP contribution in [0.3, 0.4) is 0 Å². The number of fused-ring (bicyclic) bond motifs is 1. The van der Waals surface area contributed by atoms with Crippen LogP contribution >= 0.6 is 11.3 Å². The average molecular weight is 413 g/mol. The fourth-order valence-electron chi connectivity index (χ4n) is 3.17. The van der Waals surface area contributed by atoms with Crippen LogP contribution in [0.5, 0.6) is 0 Å². The first-order chi connectivity index (χ1) is 14.1. The quantitative estimate of drug-likeness (QED) is 0.665. The van der Waals surface area contributed by atoms with E-state index in [2.05, 4.69) is 16.7 Å². The minimum Gasteiger partial charge on any atom is -0.465 e. The van der Waals surface area contributed by atoms with Gasteiger partial charge in [0.25, 0.3) is 0 Å². The molecule has 1 unspecified atom stereocenters. The lowest BCUT2D eigenvalue weighted by Gasteiger charge is -2.21. The average Bonchev–Trinajstić information content (AvgIpc) is 3.35. The molecule has 8 heteroatoms. The van der Waals surface area contributed by atoms with Gasteiger partial charge < -0.3 is 19.8 Å². The zero-order valence-corrected chi connectivity index (χ0v) is 17.0. The van der Waals surface area contributed by atoms with Gasteiger partial charge in [-0.2, -0.15) is 5.26 Å². The van der Waals surface area contributed by atoms with Crippen molar-refractivity contribution in [3.63, 3.8) is 0 Å². The van der Waals surface area contributed by atoms with Crippen LogP contribution in [0.15, 0.2) is 28.9 Å². The Morgan fingerprint density at radius 2 is 2.34 bits per heavy atom. The van der Waals surface area contributed by atoms with E-state index in [0.29, 0.717) is 29.5 Å². The van der Waals surface area contributed by atoms with Crippen LogP contribution in [-0.2, 0) is 22.4 Å². The summed E-state index contributed by atoms with van der Waals surface area (Å²) in [6.45, 7) is 2.93. The first-order valence-electron chi connectivity index (χ1n) is 9.58. The van der Waals surface area contributed by atoms with E-state index in [1.807, 2.05) is 6.92 Å². The van der Waals surface area contributed by atoms with E-state index >= 15 is 0 Å². The topological polar surface area (TPSA) is 104 Å². The number of thiophene rings is 1. The van der Waals surface area contributed by atoms with Crippen molar-refractivity contribution in [3.05, 3.63) is 46.2 Å². The third-order valence-corrected chi connectivity index (χ3v) is 5.80. The lowest BCUT2D eigenvalue weighted by Crippen LogP contribution is -2.28. The summed E-state index contributed by atoms with van der Waals surface area (Å²) in [5, 5.41) is 15.6. The van der Waals surface area contributed by atoms with Crippen molar-refractivity contribution in [2.24, 2.45) is 5.92 Å². The van der Waals surface area contributed by atoms with Gasteiger partial charge in [0, 0.05) is 17.5 Å². The number of nitrogens with one attached hydrogen (secondary N) is 2. The summed E-state index contributed by atoms with van der Waals surface area (Å²) in [4.78, 5) is 24.9. The zero-order valence-electron chi connectivity index (χ0n) is 16.2. The molecule has 2 amide bonds. The molecule has 152 valence electrons. The fraction of sp³-hybridized carbons (Fsp3) is 0.381. The molecule has 7 nitrogen and oxygen atoms in total. The summed E-state index contributed by atoms with van der Waals surface area (Å²) < 4.78 is 10.5. The summed E-state index contributed by atoms with van der Waals surface area (Å²) in [7, 11) is 0. The minimum atomic E-state index is -0.391. The first-order valence-corrected chi connectivity index (χ1v) is 10.4. The van der Waals surface area contributed by atoms with E-state index in [-0.39, 0.29) is 11.8 Å². The molecule has 0 fully saturated rings. The maximum Gasteiger partial charge on any atom is 0.407 e. The number of nitriles is 1. The van der Waals surface area contributed by atoms with Crippen molar-refractivity contribution < 1.29 is 18.7 Å². The number of carbonyl (C=O) groups is 2. The molecule has 0 spiro atoms. The van der Waals surface area contributed by atoms with E-state index in [0.717, 1.165) is 36.1 Å². The molecule has 0 bridgehead atoms. The summed E-state index contributed by atoms with van der Waals surface area (Å²) in [6.07, 6.45) is 7.26. The molecular formula is C21H23N3O4S. The van der Waals surface area contributed by atoms with Crippen molar-refractivity contribution in [3.8, 4) is 6.07 Å². The predicted molar refractivity (Wildman–Crippen MR) is 111 cm³/mol. The molecule has 0 aromatic carbocycles. The van der Waals surface area contributed by atoms with Crippen molar-refractivity contribution in [2.45, 2.75) is 32.6 Å². The highest BCUT2D eigenvalue weighted by atomic mass is 32.1. The van der Waals surface area contributed by atoms with E-state index in [9.17, 15) is 14.9 Å². The van der Waals surface area contributed by atoms with Gasteiger partial charge >= 0.3 is 6.09 Å². The number of rotatable bonds is 7. The Morgan fingerprint density at radius 3 is 3.07 bits per heavy atom. The van der Waals surface area contributed by atoms with Crippen LogP contribution in [-0.4, -0.2) is 25.2 Å². The van der Waals surface area contributed by atoms with E-state index in [1.54, 1.807) is 18.2 Å². The van der Waals surface area contributed by atoms with Crippen LogP contribution in [0.2, 0.25) is 0 Å². The van der Waals surface area contributed by atoms with Gasteiger partial charge in [0.1, 0.15) is 16.8 Å². The lowest BCUT2D eigenvalue weighted by atomic mass is 9.88. The van der Waals surface area contributed by atoms with Gasteiger partial charge in [-0.1, -0.05) is 6.92 Å². The van der Waals surface area contributed by atoms with Crippen LogP contribution in [0.4, 0.5) is 9.80 Å². The second-order valence-electron chi connectivity index (χ2n) is 6.79. The number of alkyl carbamates (subject to hydrolysis) is 1. The maximum absolute atomic E-state index is 12.2. The number of nitrogens with zero attached hydrogens (tertiary/aromatic N) is 1. The molecule has 0 aliphatic heterocycles. The minimum absolute atomic E-state index is 0.211. The molecule has 2 aromatic rings. The van der Waals surface area contributed by atoms with Gasteiger partial charge in [-0.25, -0.2) is 4.79 Å². The predicted octanol–water partition coefficient (Wildman–Crippen LogP) is 4.11.